The normalized spacial score (nSPS) is 10.1. The smallest absolute Gasteiger partial charge is 0.228 e. The Morgan fingerprint density at radius 1 is 0.885 bits per heavy atom. The van der Waals surface area contributed by atoms with Crippen LogP contribution in [0.25, 0.3) is 6.08 Å². The van der Waals surface area contributed by atoms with Crippen LogP contribution in [0.1, 0.15) is 40.9 Å². The Morgan fingerprint density at radius 2 is 1.42 bits per heavy atom. The van der Waals surface area contributed by atoms with Crippen molar-refractivity contribution in [2.24, 2.45) is 0 Å². The summed E-state index contributed by atoms with van der Waals surface area (Å²) in [6, 6.07) is 11.1. The zero-order chi connectivity index (χ0) is 19.7. The number of carbonyl (C=O) groups is 2. The van der Waals surface area contributed by atoms with Crippen LogP contribution in [-0.2, 0) is 4.79 Å². The summed E-state index contributed by atoms with van der Waals surface area (Å²) in [4.78, 5) is 22.2. The third-order valence-corrected chi connectivity index (χ3v) is 3.78. The number of aryl methyl sites for hydroxylation is 2. The van der Waals surface area contributed by atoms with Crippen LogP contribution in [0.15, 0.2) is 42.5 Å². The van der Waals surface area contributed by atoms with Gasteiger partial charge in [-0.25, -0.2) is 0 Å². The second-order valence-electron chi connectivity index (χ2n) is 5.80. The van der Waals surface area contributed by atoms with E-state index >= 15 is 0 Å². The van der Waals surface area contributed by atoms with Crippen molar-refractivity contribution in [1.29, 1.82) is 0 Å². The quantitative estimate of drug-likeness (QED) is 0.571. The lowest BCUT2D eigenvalue weighted by Crippen LogP contribution is -2.09. The van der Waals surface area contributed by atoms with E-state index in [9.17, 15) is 9.59 Å². The number of hydrogen-bond donors (Lipinski definition) is 0. The molecule has 0 aliphatic heterocycles. The number of methoxy groups -OCH3 is 2. The van der Waals surface area contributed by atoms with Crippen molar-refractivity contribution in [1.82, 2.24) is 0 Å². The highest BCUT2D eigenvalue weighted by Crippen LogP contribution is 2.20. The maximum Gasteiger partial charge on any atom is 0.228 e. The molecule has 0 aromatic heterocycles. The second-order valence-corrected chi connectivity index (χ2v) is 5.80. The monoisotopic (exact) mass is 354 g/mol. The fourth-order valence-electron chi connectivity index (χ4n) is 2.30. The van der Waals surface area contributed by atoms with Gasteiger partial charge < -0.3 is 9.47 Å². The van der Waals surface area contributed by atoms with Gasteiger partial charge in [0.1, 0.15) is 11.5 Å². The minimum Gasteiger partial charge on any atom is -0.496 e. The first-order valence-electron chi connectivity index (χ1n) is 8.31. The molecule has 0 saturated carbocycles. The van der Waals surface area contributed by atoms with Crippen LogP contribution in [0.5, 0.6) is 11.5 Å². The predicted molar refractivity (Wildman–Crippen MR) is 105 cm³/mol. The second kappa shape index (κ2) is 10.2. The minimum absolute atomic E-state index is 0.375. The van der Waals surface area contributed by atoms with Gasteiger partial charge in [0.25, 0.3) is 0 Å². The molecule has 2 aromatic rings. The van der Waals surface area contributed by atoms with Gasteiger partial charge in [-0.2, -0.15) is 0 Å². The van der Waals surface area contributed by atoms with E-state index < -0.39 is 11.6 Å². The molecule has 2 rings (SSSR count). The summed E-state index contributed by atoms with van der Waals surface area (Å²) < 4.78 is 10.3. The number of carbonyl (C=O) groups excluding carboxylic acids is 2. The highest BCUT2D eigenvalue weighted by atomic mass is 16.5. The molecule has 0 heterocycles. The lowest BCUT2D eigenvalue weighted by atomic mass is 10.1. The third-order valence-electron chi connectivity index (χ3n) is 3.78. The van der Waals surface area contributed by atoms with Crippen LogP contribution in [-0.4, -0.2) is 25.8 Å². The molecule has 0 atom stereocenters. The summed E-state index contributed by atoms with van der Waals surface area (Å²) in [6.07, 6.45) is 4.08. The lowest BCUT2D eigenvalue weighted by molar-refractivity contribution is -0.113. The topological polar surface area (TPSA) is 52.6 Å². The van der Waals surface area contributed by atoms with Gasteiger partial charge >= 0.3 is 0 Å². The lowest BCUT2D eigenvalue weighted by Gasteiger charge is -2.05. The summed E-state index contributed by atoms with van der Waals surface area (Å²) in [6.45, 7) is 7.18. The van der Waals surface area contributed by atoms with Crippen molar-refractivity contribution < 1.29 is 19.1 Å². The van der Waals surface area contributed by atoms with E-state index in [2.05, 4.69) is 18.2 Å². The molecule has 0 unspecified atom stereocenters. The zero-order valence-corrected chi connectivity index (χ0v) is 16.3. The van der Waals surface area contributed by atoms with Gasteiger partial charge in [0.05, 0.1) is 14.2 Å². The van der Waals surface area contributed by atoms with E-state index in [1.54, 1.807) is 25.3 Å². The van der Waals surface area contributed by atoms with Crippen molar-refractivity contribution in [3.63, 3.8) is 0 Å². The third kappa shape index (κ3) is 5.88. The largest absolute Gasteiger partial charge is 0.496 e. The van der Waals surface area contributed by atoms with Crippen LogP contribution in [0, 0.1) is 13.8 Å². The van der Waals surface area contributed by atoms with Crippen LogP contribution in [0.2, 0.25) is 0 Å². The van der Waals surface area contributed by atoms with E-state index in [1.807, 2.05) is 32.9 Å². The Labute approximate surface area is 155 Å². The molecule has 0 radical (unpaired) electrons. The van der Waals surface area contributed by atoms with Gasteiger partial charge in [-0.05, 0) is 49.6 Å². The molecule has 26 heavy (non-hydrogen) atoms. The molecule has 0 aliphatic rings. The minimum atomic E-state index is -0.483. The van der Waals surface area contributed by atoms with E-state index in [1.165, 1.54) is 25.2 Å². The first kappa shape index (κ1) is 21.2. The number of allylic oxidation sites excluding steroid dienone is 1. The fraction of sp³-hybridized carbons (Fsp3) is 0.273. The van der Waals surface area contributed by atoms with Gasteiger partial charge in [0, 0.05) is 12.5 Å². The number of ketones is 2. The SMILES string of the molecule is C/C=C/c1ccc(C)c(OC)c1.COc1cc(C(=O)C(C)=O)ccc1C. The Bertz CT molecular complexity index is 804. The van der Waals surface area contributed by atoms with Crippen LogP contribution in [0.4, 0.5) is 0 Å². The molecule has 138 valence electrons. The molecule has 0 N–H and O–H groups in total. The molecule has 4 nitrogen and oxygen atoms in total. The van der Waals surface area contributed by atoms with E-state index in [4.69, 9.17) is 9.47 Å². The van der Waals surface area contributed by atoms with E-state index in [-0.39, 0.29) is 0 Å². The van der Waals surface area contributed by atoms with Gasteiger partial charge in [-0.1, -0.05) is 36.4 Å². The van der Waals surface area contributed by atoms with Crippen molar-refractivity contribution in [2.75, 3.05) is 14.2 Å². The Kier molecular flexibility index (Phi) is 8.29. The molecular formula is C22H26O4. The van der Waals surface area contributed by atoms with Gasteiger partial charge in [-0.15, -0.1) is 0 Å². The molecule has 0 aliphatic carbocycles. The summed E-state index contributed by atoms with van der Waals surface area (Å²) in [5, 5.41) is 0. The number of benzene rings is 2. The van der Waals surface area contributed by atoms with Crippen molar-refractivity contribution >= 4 is 17.6 Å². The highest BCUT2D eigenvalue weighted by Gasteiger charge is 2.12. The summed E-state index contributed by atoms with van der Waals surface area (Å²) >= 11 is 0. The van der Waals surface area contributed by atoms with Crippen molar-refractivity contribution in [2.45, 2.75) is 27.7 Å². The average Bonchev–Trinajstić information content (AvgIpc) is 2.63. The first-order valence-corrected chi connectivity index (χ1v) is 8.31. The van der Waals surface area contributed by atoms with Gasteiger partial charge in [0.15, 0.2) is 5.78 Å². The van der Waals surface area contributed by atoms with Crippen molar-refractivity contribution in [3.05, 3.63) is 64.7 Å². The highest BCUT2D eigenvalue weighted by molar-refractivity contribution is 6.42. The molecule has 0 fully saturated rings. The maximum atomic E-state index is 11.3. The van der Waals surface area contributed by atoms with E-state index in [0.717, 1.165) is 11.3 Å². The first-order chi connectivity index (χ1) is 12.3. The average molecular weight is 354 g/mol. The summed E-state index contributed by atoms with van der Waals surface area (Å²) in [5.41, 5.74) is 3.67. The van der Waals surface area contributed by atoms with Gasteiger partial charge in [-0.3, -0.25) is 9.59 Å². The molecule has 4 heteroatoms. The summed E-state index contributed by atoms with van der Waals surface area (Å²) in [7, 11) is 3.23. The number of Topliss-reactive ketones (excluding diaryl/α,β-unsaturated/α-hetero) is 2. The molecule has 0 bridgehead atoms. The molecule has 0 amide bonds. The van der Waals surface area contributed by atoms with Crippen LogP contribution < -0.4 is 9.47 Å². The van der Waals surface area contributed by atoms with Crippen LogP contribution in [0.3, 0.4) is 0 Å². The van der Waals surface area contributed by atoms with Crippen molar-refractivity contribution in [3.8, 4) is 11.5 Å². The Hall–Kier alpha value is -2.88. The molecule has 2 aromatic carbocycles. The number of hydrogen-bond acceptors (Lipinski definition) is 4. The standard InChI is InChI=1S/C11H12O3.C11H14O/c1-7-4-5-9(6-10(7)14-3)11(13)8(2)12;1-4-5-10-7-6-9(2)11(8-10)12-3/h4-6H,1-3H3;4-8H,1-3H3/b;5-4+. The van der Waals surface area contributed by atoms with Crippen LogP contribution >= 0.6 is 0 Å². The Balaban J connectivity index is 0.000000263. The molecule has 0 saturated heterocycles. The molecule has 0 spiro atoms. The van der Waals surface area contributed by atoms with Gasteiger partial charge in [0.2, 0.25) is 5.78 Å². The predicted octanol–water partition coefficient (Wildman–Crippen LogP) is 4.81. The number of rotatable bonds is 5. The summed E-state index contributed by atoms with van der Waals surface area (Å²) in [5.74, 6) is 0.627. The van der Waals surface area contributed by atoms with E-state index in [0.29, 0.717) is 11.3 Å². The molecular weight excluding hydrogens is 328 g/mol. The number of ether oxygens (including phenoxy) is 2. The Morgan fingerprint density at radius 3 is 1.92 bits per heavy atom. The fourth-order valence-corrected chi connectivity index (χ4v) is 2.30. The zero-order valence-electron chi connectivity index (χ0n) is 16.3. The maximum absolute atomic E-state index is 11.3.